The third-order valence-corrected chi connectivity index (χ3v) is 11.4. The Morgan fingerprint density at radius 3 is 1.93 bits per heavy atom. The average Bonchev–Trinajstić information content (AvgIpc) is 3.03. The fourth-order valence-electron chi connectivity index (χ4n) is 2.86. The standard InChI is InChI=1S/C19H27NO8Si2/c1-25-30(5,26-2)28-29(3,4)13-12-16(21)14-6-8-15(9-7-14)19(24)27-20-17(22)10-11-18(20)23/h6-9H,10-13H2,1-5H3. The third kappa shape index (κ3) is 6.16. The highest BCUT2D eigenvalue weighted by Gasteiger charge is 2.40. The predicted octanol–water partition coefficient (Wildman–Crippen LogP) is 2.56. The van der Waals surface area contributed by atoms with E-state index in [0.717, 1.165) is 0 Å². The number of carbonyl (C=O) groups is 4. The van der Waals surface area contributed by atoms with E-state index in [-0.39, 0.29) is 30.6 Å². The molecule has 1 fully saturated rings. The van der Waals surface area contributed by atoms with Crippen LogP contribution in [0.4, 0.5) is 0 Å². The van der Waals surface area contributed by atoms with E-state index in [4.69, 9.17) is 17.8 Å². The largest absolute Gasteiger partial charge is 0.486 e. The Morgan fingerprint density at radius 1 is 0.933 bits per heavy atom. The molecule has 0 aliphatic carbocycles. The number of imide groups is 1. The number of Topliss-reactive ketones (excluding diaryl/α,β-unsaturated/α-hetero) is 1. The lowest BCUT2D eigenvalue weighted by Gasteiger charge is -2.32. The van der Waals surface area contributed by atoms with Crippen molar-refractivity contribution < 1.29 is 37.0 Å². The number of nitrogens with zero attached hydrogens (tertiary/aromatic N) is 1. The summed E-state index contributed by atoms with van der Waals surface area (Å²) >= 11 is 0. The first kappa shape index (κ1) is 24.1. The quantitative estimate of drug-likeness (QED) is 0.302. The van der Waals surface area contributed by atoms with Crippen LogP contribution < -0.4 is 0 Å². The van der Waals surface area contributed by atoms with Gasteiger partial charge in [-0.25, -0.2) is 4.79 Å². The molecule has 0 unspecified atom stereocenters. The van der Waals surface area contributed by atoms with Crippen LogP contribution in [0.15, 0.2) is 24.3 Å². The van der Waals surface area contributed by atoms with Crippen molar-refractivity contribution >= 4 is 40.7 Å². The Balaban J connectivity index is 1.94. The van der Waals surface area contributed by atoms with Gasteiger partial charge in [0.05, 0.1) is 5.56 Å². The summed E-state index contributed by atoms with van der Waals surface area (Å²) in [6, 6.07) is 6.49. The number of hydroxylamine groups is 2. The second-order valence-corrected chi connectivity index (χ2v) is 15.0. The summed E-state index contributed by atoms with van der Waals surface area (Å²) in [7, 11) is -1.78. The highest BCUT2D eigenvalue weighted by Crippen LogP contribution is 2.22. The van der Waals surface area contributed by atoms with Gasteiger partial charge in [0.25, 0.3) is 11.8 Å². The minimum Gasteiger partial charge on any atom is -0.416 e. The van der Waals surface area contributed by atoms with Crippen molar-refractivity contribution in [1.29, 1.82) is 0 Å². The van der Waals surface area contributed by atoms with Crippen molar-refractivity contribution in [3.05, 3.63) is 35.4 Å². The van der Waals surface area contributed by atoms with Crippen LogP contribution in [0.1, 0.15) is 40.0 Å². The van der Waals surface area contributed by atoms with Crippen molar-refractivity contribution in [2.24, 2.45) is 0 Å². The first-order chi connectivity index (χ1) is 14.0. The van der Waals surface area contributed by atoms with Gasteiger partial charge in [-0.2, -0.15) is 0 Å². The molecule has 9 nitrogen and oxygen atoms in total. The maximum Gasteiger partial charge on any atom is 0.486 e. The van der Waals surface area contributed by atoms with Crippen LogP contribution in [0.5, 0.6) is 0 Å². The van der Waals surface area contributed by atoms with Crippen LogP contribution in [-0.4, -0.2) is 60.0 Å². The van der Waals surface area contributed by atoms with E-state index in [0.29, 0.717) is 16.7 Å². The molecule has 2 amide bonds. The zero-order chi connectivity index (χ0) is 22.5. The van der Waals surface area contributed by atoms with Crippen LogP contribution in [-0.2, 0) is 27.4 Å². The van der Waals surface area contributed by atoms with E-state index in [2.05, 4.69) is 0 Å². The minimum absolute atomic E-state index is 0.0271. The SMILES string of the molecule is CO[Si](C)(OC)O[Si](C)(C)CCC(=O)c1ccc(C(=O)ON2C(=O)CCC2=O)cc1. The van der Waals surface area contributed by atoms with E-state index in [9.17, 15) is 19.2 Å². The van der Waals surface area contributed by atoms with E-state index < -0.39 is 34.9 Å². The van der Waals surface area contributed by atoms with Gasteiger partial charge < -0.3 is 17.8 Å². The zero-order valence-electron chi connectivity index (χ0n) is 17.9. The molecule has 0 spiro atoms. The molecule has 0 N–H and O–H groups in total. The Bertz CT molecular complexity index is 804. The van der Waals surface area contributed by atoms with Crippen molar-refractivity contribution in [3.8, 4) is 0 Å². The number of ketones is 1. The molecule has 1 aliphatic rings. The highest BCUT2D eigenvalue weighted by molar-refractivity contribution is 6.80. The monoisotopic (exact) mass is 453 g/mol. The van der Waals surface area contributed by atoms with Crippen LogP contribution >= 0.6 is 0 Å². The lowest BCUT2D eigenvalue weighted by atomic mass is 10.1. The second kappa shape index (κ2) is 9.75. The normalized spacial score (nSPS) is 14.9. The molecule has 2 rings (SSSR count). The topological polar surface area (TPSA) is 108 Å². The molecule has 0 bridgehead atoms. The average molecular weight is 454 g/mol. The van der Waals surface area contributed by atoms with E-state index in [1.807, 2.05) is 19.6 Å². The van der Waals surface area contributed by atoms with Crippen LogP contribution in [0, 0.1) is 0 Å². The predicted molar refractivity (Wildman–Crippen MR) is 111 cm³/mol. The van der Waals surface area contributed by atoms with E-state index in [1.54, 1.807) is 14.2 Å². The molecule has 164 valence electrons. The summed E-state index contributed by atoms with van der Waals surface area (Å²) in [5.41, 5.74) is 0.585. The number of hydrogen-bond acceptors (Lipinski definition) is 8. The van der Waals surface area contributed by atoms with E-state index >= 15 is 0 Å². The van der Waals surface area contributed by atoms with Gasteiger partial charge in [0.15, 0.2) is 14.1 Å². The fourth-order valence-corrected chi connectivity index (χ4v) is 8.95. The van der Waals surface area contributed by atoms with Gasteiger partial charge in [-0.3, -0.25) is 14.4 Å². The molecule has 0 radical (unpaired) electrons. The maximum atomic E-state index is 12.5. The lowest BCUT2D eigenvalue weighted by Crippen LogP contribution is -2.49. The van der Waals surface area contributed by atoms with Crippen LogP contribution in [0.3, 0.4) is 0 Å². The summed E-state index contributed by atoms with van der Waals surface area (Å²) in [6.07, 6.45) is 0.344. The second-order valence-electron chi connectivity index (χ2n) is 7.59. The maximum absolute atomic E-state index is 12.5. The van der Waals surface area contributed by atoms with Gasteiger partial charge in [0.2, 0.25) is 0 Å². The Kier molecular flexibility index (Phi) is 7.83. The smallest absolute Gasteiger partial charge is 0.416 e. The molecular weight excluding hydrogens is 426 g/mol. The Hall–Kier alpha value is -2.19. The van der Waals surface area contributed by atoms with Gasteiger partial charge in [-0.05, 0) is 31.3 Å². The number of benzene rings is 1. The van der Waals surface area contributed by atoms with E-state index in [1.165, 1.54) is 24.3 Å². The number of carbonyl (C=O) groups excluding carboxylic acids is 4. The third-order valence-electron chi connectivity index (χ3n) is 4.78. The molecule has 1 aromatic carbocycles. The molecule has 30 heavy (non-hydrogen) atoms. The number of amides is 2. The summed E-state index contributed by atoms with van der Waals surface area (Å²) in [5, 5.41) is 0.491. The molecule has 1 aromatic rings. The lowest BCUT2D eigenvalue weighted by molar-refractivity contribution is -0.172. The molecular formula is C19H27NO8Si2. The van der Waals surface area contributed by atoms with Crippen molar-refractivity contribution in [2.75, 3.05) is 14.2 Å². The highest BCUT2D eigenvalue weighted by atomic mass is 28.5. The zero-order valence-corrected chi connectivity index (χ0v) is 19.9. The molecule has 0 aromatic heterocycles. The Labute approximate surface area is 177 Å². The van der Waals surface area contributed by atoms with Crippen LogP contribution in [0.25, 0.3) is 0 Å². The fraction of sp³-hybridized carbons (Fsp3) is 0.474. The number of rotatable bonds is 10. The van der Waals surface area contributed by atoms with Gasteiger partial charge in [-0.1, -0.05) is 12.1 Å². The molecule has 0 saturated carbocycles. The van der Waals surface area contributed by atoms with Gasteiger partial charge in [0, 0.05) is 45.6 Å². The minimum atomic E-state index is -2.68. The van der Waals surface area contributed by atoms with Gasteiger partial charge in [0.1, 0.15) is 0 Å². The molecule has 1 aliphatic heterocycles. The van der Waals surface area contributed by atoms with Gasteiger partial charge >= 0.3 is 14.8 Å². The first-order valence-electron chi connectivity index (χ1n) is 9.52. The van der Waals surface area contributed by atoms with Crippen molar-refractivity contribution in [1.82, 2.24) is 5.06 Å². The molecule has 11 heteroatoms. The molecule has 1 heterocycles. The first-order valence-corrected chi connectivity index (χ1v) is 14.9. The summed E-state index contributed by atoms with van der Waals surface area (Å²) in [5.74, 6) is -2.00. The van der Waals surface area contributed by atoms with Crippen molar-refractivity contribution in [3.63, 3.8) is 0 Å². The number of hydrogen-bond donors (Lipinski definition) is 0. The molecule has 0 atom stereocenters. The Morgan fingerprint density at radius 2 is 1.43 bits per heavy atom. The van der Waals surface area contributed by atoms with Crippen LogP contribution in [0.2, 0.25) is 25.7 Å². The summed E-state index contributed by atoms with van der Waals surface area (Å²) < 4.78 is 16.8. The summed E-state index contributed by atoms with van der Waals surface area (Å²) in [6.45, 7) is 5.82. The molecule has 1 saturated heterocycles. The summed E-state index contributed by atoms with van der Waals surface area (Å²) in [4.78, 5) is 52.6. The van der Waals surface area contributed by atoms with Gasteiger partial charge in [-0.15, -0.1) is 5.06 Å². The van der Waals surface area contributed by atoms with Crippen molar-refractivity contribution in [2.45, 2.75) is 44.9 Å².